The fraction of sp³-hybridized carbons (Fsp3) is 0.481. The number of hydrogen-bond donors (Lipinski definition) is 1. The predicted octanol–water partition coefficient (Wildman–Crippen LogP) is 3.87. The summed E-state index contributed by atoms with van der Waals surface area (Å²) in [7, 11) is 0. The van der Waals surface area contributed by atoms with Crippen molar-refractivity contribution in [3.05, 3.63) is 65.7 Å². The zero-order chi connectivity index (χ0) is 23.6. The summed E-state index contributed by atoms with van der Waals surface area (Å²) in [6.45, 7) is 12.2. The van der Waals surface area contributed by atoms with E-state index in [4.69, 9.17) is 0 Å². The van der Waals surface area contributed by atoms with Crippen molar-refractivity contribution in [2.24, 2.45) is 5.92 Å². The maximum Gasteiger partial charge on any atom is 0.317 e. The highest BCUT2D eigenvalue weighted by atomic mass is 16.2. The lowest BCUT2D eigenvalue weighted by Gasteiger charge is -2.38. The number of rotatable bonds is 3. The van der Waals surface area contributed by atoms with Gasteiger partial charge in [-0.1, -0.05) is 48.5 Å². The molecule has 2 aromatic rings. The third kappa shape index (κ3) is 5.32. The van der Waals surface area contributed by atoms with Gasteiger partial charge in [-0.05, 0) is 44.9 Å². The molecule has 0 aliphatic carbocycles. The van der Waals surface area contributed by atoms with Crippen LogP contribution < -0.4 is 10.2 Å². The number of carbonyl (C=O) groups excluding carboxylic acids is 2. The Morgan fingerprint density at radius 2 is 1.48 bits per heavy atom. The predicted molar refractivity (Wildman–Crippen MR) is 133 cm³/mol. The maximum atomic E-state index is 13.7. The Hall–Kier alpha value is -3.02. The molecule has 33 heavy (non-hydrogen) atoms. The Labute approximate surface area is 197 Å². The molecule has 2 unspecified atom stereocenters. The van der Waals surface area contributed by atoms with E-state index in [0.717, 1.165) is 18.7 Å². The van der Waals surface area contributed by atoms with Gasteiger partial charge < -0.3 is 20.0 Å². The van der Waals surface area contributed by atoms with Crippen molar-refractivity contribution in [1.82, 2.24) is 15.1 Å². The number of benzene rings is 2. The van der Waals surface area contributed by atoms with Crippen molar-refractivity contribution >= 4 is 17.6 Å². The minimum Gasteiger partial charge on any atom is -0.368 e. The molecule has 0 bridgehead atoms. The summed E-state index contributed by atoms with van der Waals surface area (Å²) < 4.78 is 0. The summed E-state index contributed by atoms with van der Waals surface area (Å²) in [5.41, 5.74) is 3.32. The molecule has 0 radical (unpaired) electrons. The van der Waals surface area contributed by atoms with Crippen LogP contribution in [0.3, 0.4) is 0 Å². The summed E-state index contributed by atoms with van der Waals surface area (Å²) in [5, 5.41) is 3.06. The van der Waals surface area contributed by atoms with Gasteiger partial charge in [0.15, 0.2) is 0 Å². The number of nitrogens with one attached hydrogen (secondary N) is 1. The SMILES string of the molecule is Cc1ccccc1N1CCN(C(=O)C2CN(C(=O)NC(C)(C)C)CC2c2ccccc2)CC1. The molecule has 0 aromatic heterocycles. The van der Waals surface area contributed by atoms with Crippen LogP contribution in [-0.4, -0.2) is 66.5 Å². The van der Waals surface area contributed by atoms with E-state index in [1.54, 1.807) is 0 Å². The highest BCUT2D eigenvalue weighted by Gasteiger charge is 2.43. The zero-order valence-corrected chi connectivity index (χ0v) is 20.3. The topological polar surface area (TPSA) is 55.9 Å². The van der Waals surface area contributed by atoms with E-state index in [1.807, 2.05) is 48.8 Å². The van der Waals surface area contributed by atoms with Crippen molar-refractivity contribution in [3.8, 4) is 0 Å². The second-order valence-corrected chi connectivity index (χ2v) is 10.3. The molecule has 6 nitrogen and oxygen atoms in total. The molecule has 2 fully saturated rings. The lowest BCUT2D eigenvalue weighted by atomic mass is 9.88. The molecule has 2 aliphatic rings. The number of nitrogens with zero attached hydrogens (tertiary/aromatic N) is 3. The lowest BCUT2D eigenvalue weighted by Crippen LogP contribution is -2.51. The zero-order valence-electron chi connectivity index (χ0n) is 20.3. The molecule has 2 aromatic carbocycles. The van der Waals surface area contributed by atoms with Gasteiger partial charge in [0.1, 0.15) is 0 Å². The fourth-order valence-corrected chi connectivity index (χ4v) is 4.98. The smallest absolute Gasteiger partial charge is 0.317 e. The van der Waals surface area contributed by atoms with Crippen LogP contribution in [0.4, 0.5) is 10.5 Å². The second-order valence-electron chi connectivity index (χ2n) is 10.3. The van der Waals surface area contributed by atoms with Crippen molar-refractivity contribution in [3.63, 3.8) is 0 Å². The van der Waals surface area contributed by atoms with Crippen LogP contribution in [0.5, 0.6) is 0 Å². The Bertz CT molecular complexity index is 977. The van der Waals surface area contributed by atoms with Crippen LogP contribution in [0, 0.1) is 12.8 Å². The van der Waals surface area contributed by atoms with E-state index in [0.29, 0.717) is 26.2 Å². The van der Waals surface area contributed by atoms with Gasteiger partial charge in [0.25, 0.3) is 0 Å². The Morgan fingerprint density at radius 3 is 2.12 bits per heavy atom. The Balaban J connectivity index is 1.47. The van der Waals surface area contributed by atoms with E-state index < -0.39 is 0 Å². The van der Waals surface area contributed by atoms with Gasteiger partial charge in [-0.15, -0.1) is 0 Å². The van der Waals surface area contributed by atoms with Crippen molar-refractivity contribution in [2.45, 2.75) is 39.2 Å². The molecule has 2 aliphatic heterocycles. The minimum atomic E-state index is -0.312. The van der Waals surface area contributed by atoms with Gasteiger partial charge in [-0.25, -0.2) is 4.79 Å². The molecular weight excluding hydrogens is 412 g/mol. The summed E-state index contributed by atoms with van der Waals surface area (Å²) in [6, 6.07) is 18.5. The first-order valence-electron chi connectivity index (χ1n) is 11.9. The number of aryl methyl sites for hydroxylation is 1. The molecule has 2 saturated heterocycles. The third-order valence-electron chi connectivity index (χ3n) is 6.68. The Morgan fingerprint density at radius 1 is 0.848 bits per heavy atom. The fourth-order valence-electron chi connectivity index (χ4n) is 4.98. The highest BCUT2D eigenvalue weighted by molar-refractivity contribution is 5.83. The van der Waals surface area contributed by atoms with Gasteiger partial charge in [0, 0.05) is 56.4 Å². The van der Waals surface area contributed by atoms with Crippen LogP contribution in [0.25, 0.3) is 0 Å². The number of anilines is 1. The van der Waals surface area contributed by atoms with Crippen LogP contribution in [-0.2, 0) is 4.79 Å². The largest absolute Gasteiger partial charge is 0.368 e. The molecule has 1 N–H and O–H groups in total. The molecule has 176 valence electrons. The summed E-state index contributed by atoms with van der Waals surface area (Å²) in [6.07, 6.45) is 0. The summed E-state index contributed by atoms with van der Waals surface area (Å²) in [5.74, 6) is -0.0405. The molecular formula is C27H36N4O2. The number of likely N-dealkylation sites (tertiary alicyclic amines) is 1. The first-order chi connectivity index (χ1) is 15.7. The monoisotopic (exact) mass is 448 g/mol. The van der Waals surface area contributed by atoms with Crippen LogP contribution in [0.15, 0.2) is 54.6 Å². The molecule has 6 heteroatoms. The average molecular weight is 449 g/mol. The van der Waals surface area contributed by atoms with Gasteiger partial charge in [-0.2, -0.15) is 0 Å². The van der Waals surface area contributed by atoms with Gasteiger partial charge >= 0.3 is 6.03 Å². The van der Waals surface area contributed by atoms with E-state index in [1.165, 1.54) is 11.3 Å². The third-order valence-corrected chi connectivity index (χ3v) is 6.68. The van der Waals surface area contributed by atoms with Gasteiger partial charge in [0.05, 0.1) is 5.92 Å². The molecule has 3 amide bonds. The van der Waals surface area contributed by atoms with Gasteiger partial charge in [0.2, 0.25) is 5.91 Å². The van der Waals surface area contributed by atoms with Crippen molar-refractivity contribution in [1.29, 1.82) is 0 Å². The Kier molecular flexibility index (Phi) is 6.63. The van der Waals surface area contributed by atoms with Gasteiger partial charge in [-0.3, -0.25) is 4.79 Å². The van der Waals surface area contributed by atoms with E-state index in [-0.39, 0.29) is 29.3 Å². The lowest BCUT2D eigenvalue weighted by molar-refractivity contribution is -0.135. The number of carbonyl (C=O) groups is 2. The highest BCUT2D eigenvalue weighted by Crippen LogP contribution is 2.34. The molecule has 2 heterocycles. The summed E-state index contributed by atoms with van der Waals surface area (Å²) in [4.78, 5) is 32.8. The van der Waals surface area contributed by atoms with Crippen molar-refractivity contribution < 1.29 is 9.59 Å². The standard InChI is InChI=1S/C27H36N4O2/c1-20-10-8-9-13-24(20)29-14-16-30(17-15-29)25(32)23-19-31(26(33)28-27(2,3)4)18-22(23)21-11-6-5-7-12-21/h5-13,22-23H,14-19H2,1-4H3,(H,28,33). The van der Waals surface area contributed by atoms with Crippen molar-refractivity contribution in [2.75, 3.05) is 44.2 Å². The molecule has 4 rings (SSSR count). The maximum absolute atomic E-state index is 13.7. The normalized spacial score (nSPS) is 21.3. The first-order valence-corrected chi connectivity index (χ1v) is 11.9. The van der Waals surface area contributed by atoms with Crippen LogP contribution in [0.2, 0.25) is 0 Å². The van der Waals surface area contributed by atoms with Crippen LogP contribution in [0.1, 0.15) is 37.8 Å². The average Bonchev–Trinajstić information content (AvgIpc) is 3.24. The number of urea groups is 1. The van der Waals surface area contributed by atoms with E-state index >= 15 is 0 Å². The van der Waals surface area contributed by atoms with E-state index in [2.05, 4.69) is 53.5 Å². The number of amides is 3. The minimum absolute atomic E-state index is 0.0128. The second kappa shape index (κ2) is 9.46. The first kappa shape index (κ1) is 23.1. The number of para-hydroxylation sites is 1. The molecule has 0 spiro atoms. The quantitative estimate of drug-likeness (QED) is 0.776. The number of hydrogen-bond acceptors (Lipinski definition) is 3. The van der Waals surface area contributed by atoms with E-state index in [9.17, 15) is 9.59 Å². The van der Waals surface area contributed by atoms with Crippen LogP contribution >= 0.6 is 0 Å². The molecule has 2 atom stereocenters. The summed E-state index contributed by atoms with van der Waals surface area (Å²) >= 11 is 0. The molecule has 0 saturated carbocycles. The number of piperazine rings is 1.